The van der Waals surface area contributed by atoms with E-state index in [2.05, 4.69) is 5.10 Å². The van der Waals surface area contributed by atoms with Gasteiger partial charge >= 0.3 is 5.97 Å². The average Bonchev–Trinajstić information content (AvgIpc) is 2.83. The average molecular weight is 485 g/mol. The lowest BCUT2D eigenvalue weighted by atomic mass is 9.82. The van der Waals surface area contributed by atoms with Crippen molar-refractivity contribution in [1.82, 2.24) is 9.78 Å². The zero-order valence-electron chi connectivity index (χ0n) is 18.6. The van der Waals surface area contributed by atoms with Crippen LogP contribution in [0.4, 0.5) is 4.39 Å². The Bertz CT molecular complexity index is 1210. The van der Waals surface area contributed by atoms with Gasteiger partial charge < -0.3 is 9.84 Å². The highest BCUT2D eigenvalue weighted by Crippen LogP contribution is 2.34. The van der Waals surface area contributed by atoms with Gasteiger partial charge in [0.1, 0.15) is 12.4 Å². The number of hydrogen-bond acceptors (Lipinski definition) is 4. The van der Waals surface area contributed by atoms with Crippen LogP contribution in [-0.2, 0) is 16.1 Å². The maximum absolute atomic E-state index is 14.8. The van der Waals surface area contributed by atoms with E-state index in [1.165, 1.54) is 16.8 Å². The van der Waals surface area contributed by atoms with Crippen molar-refractivity contribution < 1.29 is 19.0 Å². The molecule has 6 nitrogen and oxygen atoms in total. The maximum Gasteiger partial charge on any atom is 0.329 e. The Morgan fingerprint density at radius 3 is 2.47 bits per heavy atom. The summed E-state index contributed by atoms with van der Waals surface area (Å²) in [5.74, 6) is -0.940. The Kier molecular flexibility index (Phi) is 7.75. The number of rotatable bonds is 8. The Labute approximate surface area is 202 Å². The molecule has 0 radical (unpaired) electrons. The predicted molar refractivity (Wildman–Crippen MR) is 128 cm³/mol. The van der Waals surface area contributed by atoms with Gasteiger partial charge in [0.25, 0.3) is 5.56 Å². The Balaban J connectivity index is 1.57. The summed E-state index contributed by atoms with van der Waals surface area (Å²) in [5.41, 5.74) is 1.67. The van der Waals surface area contributed by atoms with Gasteiger partial charge in [-0.25, -0.2) is 13.9 Å². The maximum atomic E-state index is 14.8. The van der Waals surface area contributed by atoms with E-state index in [4.69, 9.17) is 21.4 Å². The number of ether oxygens (including phenoxy) is 1. The fourth-order valence-corrected chi connectivity index (χ4v) is 4.66. The number of benzene rings is 2. The Morgan fingerprint density at radius 1 is 1.06 bits per heavy atom. The number of hydrogen-bond donors (Lipinski definition) is 1. The summed E-state index contributed by atoms with van der Waals surface area (Å²) >= 11 is 6.00. The molecule has 0 bridgehead atoms. The Morgan fingerprint density at radius 2 is 1.76 bits per heavy atom. The molecule has 8 heteroatoms. The molecule has 1 aliphatic rings. The van der Waals surface area contributed by atoms with Crippen LogP contribution in [0.3, 0.4) is 0 Å². The van der Waals surface area contributed by atoms with Gasteiger partial charge in [-0.2, -0.15) is 5.10 Å². The molecule has 1 aromatic heterocycles. The van der Waals surface area contributed by atoms with Gasteiger partial charge in [0.05, 0.1) is 17.3 Å². The van der Waals surface area contributed by atoms with Crippen molar-refractivity contribution in [2.75, 3.05) is 13.2 Å². The van der Waals surface area contributed by atoms with Crippen LogP contribution in [0.25, 0.3) is 22.4 Å². The van der Waals surface area contributed by atoms with E-state index in [1.807, 2.05) is 30.3 Å². The SMILES string of the molecule is O=C(O)COC[C@H]1CC[C@H](Cn2nc(-c3ccccc3)c(-c3cccc(Cl)c3F)cc2=O)CC1. The van der Waals surface area contributed by atoms with E-state index in [0.717, 1.165) is 31.2 Å². The largest absolute Gasteiger partial charge is 0.480 e. The molecular weight excluding hydrogens is 459 g/mol. The van der Waals surface area contributed by atoms with Crippen molar-refractivity contribution in [3.05, 3.63) is 75.8 Å². The minimum atomic E-state index is -0.963. The van der Waals surface area contributed by atoms with Gasteiger partial charge in [-0.1, -0.05) is 54.1 Å². The molecule has 1 saturated carbocycles. The van der Waals surface area contributed by atoms with Crippen molar-refractivity contribution in [2.45, 2.75) is 32.2 Å². The van der Waals surface area contributed by atoms with Crippen LogP contribution in [0.2, 0.25) is 5.02 Å². The quantitative estimate of drug-likeness (QED) is 0.470. The van der Waals surface area contributed by atoms with Gasteiger partial charge in [0, 0.05) is 29.3 Å². The first-order valence-corrected chi connectivity index (χ1v) is 11.7. The van der Waals surface area contributed by atoms with Gasteiger partial charge in [-0.3, -0.25) is 4.79 Å². The van der Waals surface area contributed by atoms with Crippen molar-refractivity contribution in [3.8, 4) is 22.4 Å². The summed E-state index contributed by atoms with van der Waals surface area (Å²) in [6, 6.07) is 15.6. The normalized spacial score (nSPS) is 18.1. The number of carboxylic acid groups (broad SMARTS) is 1. The number of aliphatic carboxylic acids is 1. The molecule has 0 unspecified atom stereocenters. The molecular formula is C26H26ClFN2O4. The van der Waals surface area contributed by atoms with Crippen LogP contribution in [0.15, 0.2) is 59.4 Å². The molecule has 0 atom stereocenters. The zero-order chi connectivity index (χ0) is 24.1. The monoisotopic (exact) mass is 484 g/mol. The second-order valence-electron chi connectivity index (χ2n) is 8.69. The first-order chi connectivity index (χ1) is 16.4. The smallest absolute Gasteiger partial charge is 0.329 e. The van der Waals surface area contributed by atoms with Crippen LogP contribution in [0, 0.1) is 17.7 Å². The van der Waals surface area contributed by atoms with Crippen molar-refractivity contribution in [2.24, 2.45) is 11.8 Å². The highest BCUT2D eigenvalue weighted by atomic mass is 35.5. The molecule has 0 saturated heterocycles. The van der Waals surface area contributed by atoms with E-state index >= 15 is 0 Å². The molecule has 3 aromatic rings. The summed E-state index contributed by atoms with van der Waals surface area (Å²) in [6.07, 6.45) is 3.63. The van der Waals surface area contributed by atoms with Crippen LogP contribution >= 0.6 is 11.6 Å². The lowest BCUT2D eigenvalue weighted by Gasteiger charge is -2.28. The number of halogens is 2. The van der Waals surface area contributed by atoms with Crippen LogP contribution in [0.1, 0.15) is 25.7 Å². The van der Waals surface area contributed by atoms with Crippen molar-refractivity contribution in [1.29, 1.82) is 0 Å². The molecule has 178 valence electrons. The molecule has 4 rings (SSSR count). The highest BCUT2D eigenvalue weighted by Gasteiger charge is 2.24. The molecule has 1 N–H and O–H groups in total. The topological polar surface area (TPSA) is 81.4 Å². The van der Waals surface area contributed by atoms with Gasteiger partial charge in [0.15, 0.2) is 0 Å². The molecule has 1 aliphatic carbocycles. The van der Waals surface area contributed by atoms with Gasteiger partial charge in [-0.05, 0) is 43.6 Å². The van der Waals surface area contributed by atoms with Crippen LogP contribution < -0.4 is 5.56 Å². The lowest BCUT2D eigenvalue weighted by molar-refractivity contribution is -0.142. The fraction of sp³-hybridized carbons (Fsp3) is 0.346. The first kappa shape index (κ1) is 24.1. The minimum Gasteiger partial charge on any atom is -0.480 e. The lowest BCUT2D eigenvalue weighted by Crippen LogP contribution is -2.29. The van der Waals surface area contributed by atoms with Crippen molar-refractivity contribution >= 4 is 17.6 Å². The van der Waals surface area contributed by atoms with Crippen LogP contribution in [-0.4, -0.2) is 34.1 Å². The second kappa shape index (κ2) is 10.9. The summed E-state index contributed by atoms with van der Waals surface area (Å²) < 4.78 is 21.6. The summed E-state index contributed by atoms with van der Waals surface area (Å²) in [7, 11) is 0. The number of aromatic nitrogens is 2. The number of carboxylic acids is 1. The minimum absolute atomic E-state index is 0.00946. The van der Waals surface area contributed by atoms with E-state index in [-0.39, 0.29) is 28.7 Å². The fourth-order valence-electron chi connectivity index (χ4n) is 4.49. The first-order valence-electron chi connectivity index (χ1n) is 11.3. The molecule has 1 heterocycles. The second-order valence-corrected chi connectivity index (χ2v) is 9.10. The Hall–Kier alpha value is -3.03. The molecule has 1 fully saturated rings. The zero-order valence-corrected chi connectivity index (χ0v) is 19.4. The molecule has 0 amide bonds. The molecule has 0 aliphatic heterocycles. The van der Waals surface area contributed by atoms with E-state index in [9.17, 15) is 14.0 Å². The van der Waals surface area contributed by atoms with Crippen LogP contribution in [0.5, 0.6) is 0 Å². The number of carbonyl (C=O) groups is 1. The van der Waals surface area contributed by atoms with E-state index in [1.54, 1.807) is 12.1 Å². The highest BCUT2D eigenvalue weighted by molar-refractivity contribution is 6.31. The molecule has 2 aromatic carbocycles. The third-order valence-electron chi connectivity index (χ3n) is 6.26. The van der Waals surface area contributed by atoms with Gasteiger partial charge in [0.2, 0.25) is 0 Å². The summed E-state index contributed by atoms with van der Waals surface area (Å²) in [4.78, 5) is 23.6. The number of nitrogens with zero attached hydrogens (tertiary/aromatic N) is 2. The standard InChI is InChI=1S/C26H26ClFN2O4/c27-22-8-4-7-20(25(22)28)21-13-23(31)30(29-26(21)19-5-2-1-3-6-19)14-17-9-11-18(12-10-17)15-34-16-24(32)33/h1-8,13,17-18H,9-12,14-16H2,(H,32,33)/t17-,18-. The van der Waals surface area contributed by atoms with E-state index in [0.29, 0.717) is 30.3 Å². The third-order valence-corrected chi connectivity index (χ3v) is 6.56. The molecule has 34 heavy (non-hydrogen) atoms. The summed E-state index contributed by atoms with van der Waals surface area (Å²) in [6.45, 7) is 0.635. The summed E-state index contributed by atoms with van der Waals surface area (Å²) in [5, 5.41) is 13.4. The van der Waals surface area contributed by atoms with Gasteiger partial charge in [-0.15, -0.1) is 0 Å². The molecule has 0 spiro atoms. The predicted octanol–water partition coefficient (Wildman–Crippen LogP) is 5.28. The van der Waals surface area contributed by atoms with Crippen molar-refractivity contribution in [3.63, 3.8) is 0 Å². The van der Waals surface area contributed by atoms with E-state index < -0.39 is 11.8 Å². The third kappa shape index (κ3) is 5.72.